The smallest absolute Gasteiger partial charge is 0.299 e. The van der Waals surface area contributed by atoms with Crippen molar-refractivity contribution in [1.82, 2.24) is 0 Å². The predicted molar refractivity (Wildman–Crippen MR) is 52.4 cm³/mol. The zero-order valence-corrected chi connectivity index (χ0v) is 8.70. The van der Waals surface area contributed by atoms with Crippen LogP contribution in [0.2, 0.25) is 0 Å². The minimum absolute atomic E-state index is 0.0355. The van der Waals surface area contributed by atoms with E-state index >= 15 is 0 Å². The summed E-state index contributed by atoms with van der Waals surface area (Å²) in [6.07, 6.45) is 5.25. The highest BCUT2D eigenvalue weighted by atomic mass is 19.3. The Morgan fingerprint density at radius 1 is 1.53 bits per heavy atom. The van der Waals surface area contributed by atoms with Crippen LogP contribution in [-0.2, 0) is 14.5 Å². The third-order valence-electron chi connectivity index (χ3n) is 2.46. The zero-order valence-electron chi connectivity index (χ0n) is 8.70. The van der Waals surface area contributed by atoms with Gasteiger partial charge in [0.15, 0.2) is 0 Å². The van der Waals surface area contributed by atoms with Gasteiger partial charge in [-0.1, -0.05) is 23.8 Å². The molecule has 1 rings (SSSR count). The van der Waals surface area contributed by atoms with Crippen molar-refractivity contribution in [2.45, 2.75) is 20.3 Å². The fourth-order valence-corrected chi connectivity index (χ4v) is 1.74. The molecule has 0 N–H and O–H groups in total. The molecule has 82 valence electrons. The molecule has 0 bridgehead atoms. The number of halogens is 1. The maximum absolute atomic E-state index is 11.6. The van der Waals surface area contributed by atoms with Crippen molar-refractivity contribution in [3.63, 3.8) is 0 Å². The second-order valence-electron chi connectivity index (χ2n) is 3.72. The van der Waals surface area contributed by atoms with Crippen molar-refractivity contribution in [1.29, 1.82) is 0 Å². The minimum atomic E-state index is -0.939. The Labute approximate surface area is 87.5 Å². The van der Waals surface area contributed by atoms with Gasteiger partial charge in [0.2, 0.25) is 0 Å². The van der Waals surface area contributed by atoms with Crippen molar-refractivity contribution >= 4 is 11.8 Å². The van der Waals surface area contributed by atoms with Gasteiger partial charge >= 0.3 is 5.97 Å². The average Bonchev–Trinajstić information content (AvgIpc) is 2.17. The van der Waals surface area contributed by atoms with Crippen LogP contribution in [0.3, 0.4) is 0 Å². The molecule has 2 unspecified atom stereocenters. The number of Topliss-reactive ketones (excluding diaryl/α,β-unsaturated/α-hetero) is 1. The number of carbonyl (C=O) groups is 2. The van der Waals surface area contributed by atoms with Crippen molar-refractivity contribution in [3.05, 3.63) is 23.8 Å². The van der Waals surface area contributed by atoms with Gasteiger partial charge in [-0.05, 0) is 13.8 Å². The van der Waals surface area contributed by atoms with Crippen molar-refractivity contribution in [2.75, 3.05) is 0 Å². The summed E-state index contributed by atoms with van der Waals surface area (Å²) < 4.78 is 11.6. The first-order chi connectivity index (χ1) is 7.04. The molecule has 0 spiro atoms. The van der Waals surface area contributed by atoms with Gasteiger partial charge in [-0.3, -0.25) is 9.74 Å². The summed E-state index contributed by atoms with van der Waals surface area (Å²) in [5, 5.41) is 0. The summed E-state index contributed by atoms with van der Waals surface area (Å²) in [6.45, 7) is 3.32. The maximum Gasteiger partial charge on any atom is 0.349 e. The highest BCUT2D eigenvalue weighted by Crippen LogP contribution is 2.27. The van der Waals surface area contributed by atoms with Gasteiger partial charge < -0.3 is 0 Å². The summed E-state index contributed by atoms with van der Waals surface area (Å²) in [7, 11) is 0. The van der Waals surface area contributed by atoms with Gasteiger partial charge in [0.1, 0.15) is 5.78 Å². The van der Waals surface area contributed by atoms with E-state index in [2.05, 4.69) is 4.94 Å². The largest absolute Gasteiger partial charge is 0.349 e. The Hall–Kier alpha value is -1.45. The molecule has 0 aromatic rings. The second kappa shape index (κ2) is 4.87. The second-order valence-corrected chi connectivity index (χ2v) is 3.72. The molecule has 0 heterocycles. The van der Waals surface area contributed by atoms with E-state index in [0.717, 1.165) is 5.57 Å². The molecule has 0 fully saturated rings. The van der Waals surface area contributed by atoms with Gasteiger partial charge in [0, 0.05) is 16.4 Å². The van der Waals surface area contributed by atoms with Gasteiger partial charge in [-0.25, -0.2) is 4.79 Å². The molecule has 0 saturated carbocycles. The lowest BCUT2D eigenvalue weighted by molar-refractivity contribution is -0.184. The molecular weight excluding hydrogens is 199 g/mol. The lowest BCUT2D eigenvalue weighted by atomic mass is 9.82. The van der Waals surface area contributed by atoms with Crippen LogP contribution in [0.5, 0.6) is 0 Å². The van der Waals surface area contributed by atoms with Crippen LogP contribution in [0.4, 0.5) is 4.53 Å². The van der Waals surface area contributed by atoms with E-state index < -0.39 is 5.97 Å². The summed E-state index contributed by atoms with van der Waals surface area (Å²) in [5.74, 6) is -1.62. The van der Waals surface area contributed by atoms with Crippen molar-refractivity contribution < 1.29 is 19.1 Å². The lowest BCUT2D eigenvalue weighted by Crippen LogP contribution is -2.23. The minimum Gasteiger partial charge on any atom is -0.299 e. The first kappa shape index (κ1) is 11.6. The predicted octanol–water partition coefficient (Wildman–Crippen LogP) is 2.14. The normalized spacial score (nSPS) is 24.6. The van der Waals surface area contributed by atoms with E-state index in [1.54, 1.807) is 12.2 Å². The highest BCUT2D eigenvalue weighted by Gasteiger charge is 2.26. The number of rotatable bonds is 3. The third kappa shape index (κ3) is 3.01. The Morgan fingerprint density at radius 2 is 2.20 bits per heavy atom. The quantitative estimate of drug-likeness (QED) is 0.719. The number of carbonyl (C=O) groups excluding carboxylic acids is 2. The van der Waals surface area contributed by atoms with E-state index in [4.69, 9.17) is 0 Å². The van der Waals surface area contributed by atoms with E-state index in [0.29, 0.717) is 0 Å². The molecule has 0 aliphatic heterocycles. The third-order valence-corrected chi connectivity index (χ3v) is 2.46. The van der Waals surface area contributed by atoms with Gasteiger partial charge in [-0.2, -0.15) is 0 Å². The van der Waals surface area contributed by atoms with E-state index in [-0.39, 0.29) is 24.0 Å². The summed E-state index contributed by atoms with van der Waals surface area (Å²) in [4.78, 5) is 25.2. The first-order valence-electron chi connectivity index (χ1n) is 4.73. The Bertz CT molecular complexity index is 331. The molecule has 0 aromatic carbocycles. The van der Waals surface area contributed by atoms with Crippen LogP contribution < -0.4 is 0 Å². The van der Waals surface area contributed by atoms with E-state index in [9.17, 15) is 14.1 Å². The molecule has 0 aromatic heterocycles. The van der Waals surface area contributed by atoms with Gasteiger partial charge in [-0.15, -0.1) is 0 Å². The van der Waals surface area contributed by atoms with Crippen molar-refractivity contribution in [3.8, 4) is 0 Å². The van der Waals surface area contributed by atoms with Crippen LogP contribution in [0.25, 0.3) is 0 Å². The first-order valence-corrected chi connectivity index (χ1v) is 4.73. The fourth-order valence-electron chi connectivity index (χ4n) is 1.74. The zero-order chi connectivity index (χ0) is 11.4. The number of hydrogen-bond acceptors (Lipinski definition) is 3. The topological polar surface area (TPSA) is 43.4 Å². The maximum atomic E-state index is 11.6. The highest BCUT2D eigenvalue weighted by molar-refractivity contribution is 5.82. The number of ketones is 1. The Kier molecular flexibility index (Phi) is 3.77. The fraction of sp³-hybridized carbons (Fsp3) is 0.455. The molecule has 1 aliphatic rings. The molecule has 4 heteroatoms. The van der Waals surface area contributed by atoms with Crippen LogP contribution in [0, 0.1) is 11.8 Å². The van der Waals surface area contributed by atoms with Crippen LogP contribution >= 0.6 is 0 Å². The van der Waals surface area contributed by atoms with Crippen molar-refractivity contribution in [2.24, 2.45) is 11.8 Å². The molecule has 1 aliphatic carbocycles. The molecule has 0 saturated heterocycles. The van der Waals surface area contributed by atoms with E-state index in [1.807, 2.05) is 13.0 Å². The molecule has 3 nitrogen and oxygen atoms in total. The summed E-state index contributed by atoms with van der Waals surface area (Å²) in [5.41, 5.74) is 0.962. The molecule has 2 atom stereocenters. The standard InChI is InChI=1S/C11H13FO3/c1-7-3-4-10(8(2)13)9(5-7)6-11(14)15-12/h3-5,9-10H,6H2,1-2H3. The van der Waals surface area contributed by atoms with Crippen LogP contribution in [0.15, 0.2) is 23.8 Å². The summed E-state index contributed by atoms with van der Waals surface area (Å²) in [6, 6.07) is 0. The van der Waals surface area contributed by atoms with Gasteiger partial charge in [0.25, 0.3) is 0 Å². The molecule has 0 amide bonds. The SMILES string of the molecule is CC(=O)C1C=CC(C)=CC1CC(=O)OF. The average molecular weight is 212 g/mol. The summed E-state index contributed by atoms with van der Waals surface area (Å²) >= 11 is 0. The monoisotopic (exact) mass is 212 g/mol. The van der Waals surface area contributed by atoms with Crippen LogP contribution in [0.1, 0.15) is 20.3 Å². The van der Waals surface area contributed by atoms with E-state index in [1.165, 1.54) is 6.92 Å². The number of allylic oxidation sites excluding steroid dienone is 4. The van der Waals surface area contributed by atoms with Gasteiger partial charge in [0.05, 0.1) is 6.42 Å². The molecular formula is C11H13FO3. The number of hydrogen-bond donors (Lipinski definition) is 0. The Balaban J connectivity index is 2.77. The lowest BCUT2D eigenvalue weighted by Gasteiger charge is -2.21. The molecule has 15 heavy (non-hydrogen) atoms. The molecule has 0 radical (unpaired) electrons. The van der Waals surface area contributed by atoms with Crippen LogP contribution in [-0.4, -0.2) is 11.8 Å². The Morgan fingerprint density at radius 3 is 2.73 bits per heavy atom.